The summed E-state index contributed by atoms with van der Waals surface area (Å²) in [6, 6.07) is 0. The smallest absolute Gasteiger partial charge is 0.462 e. The van der Waals surface area contributed by atoms with Crippen LogP contribution in [0.1, 0.15) is 187 Å². The van der Waals surface area contributed by atoms with Gasteiger partial charge in [0.25, 0.3) is 0 Å². The number of carbonyl (C=O) groups is 2. The van der Waals surface area contributed by atoms with Crippen LogP contribution in [0, 0.1) is 0 Å². The molecule has 0 aromatic heterocycles. The number of esters is 2. The summed E-state index contributed by atoms with van der Waals surface area (Å²) in [4.78, 5) is 35.5. The van der Waals surface area contributed by atoms with E-state index in [1.54, 1.807) is 0 Å². The fraction of sp³-hybridized carbons (Fsp3) is 0.607. The highest BCUT2D eigenvalue weighted by Gasteiger charge is 2.27. The van der Waals surface area contributed by atoms with E-state index in [0.717, 1.165) is 109 Å². The zero-order chi connectivity index (χ0) is 52.0. The van der Waals surface area contributed by atoms with Gasteiger partial charge in [0.1, 0.15) is 19.8 Å². The van der Waals surface area contributed by atoms with Crippen molar-refractivity contribution < 1.29 is 42.1 Å². The van der Waals surface area contributed by atoms with E-state index in [1.807, 2.05) is 21.1 Å². The van der Waals surface area contributed by atoms with Gasteiger partial charge in [-0.2, -0.15) is 0 Å². The average Bonchev–Trinajstić information content (AvgIpc) is 3.33. The van der Waals surface area contributed by atoms with Crippen LogP contribution in [0.5, 0.6) is 0 Å². The molecule has 9 nitrogen and oxygen atoms in total. The number of phosphoric acid groups is 1. The van der Waals surface area contributed by atoms with Crippen molar-refractivity contribution in [2.45, 2.75) is 193 Å². The van der Waals surface area contributed by atoms with E-state index in [2.05, 4.69) is 148 Å². The summed E-state index contributed by atoms with van der Waals surface area (Å²) >= 11 is 0. The van der Waals surface area contributed by atoms with Gasteiger partial charge in [-0.05, 0) is 116 Å². The van der Waals surface area contributed by atoms with Gasteiger partial charge >= 0.3 is 19.8 Å². The summed E-state index contributed by atoms with van der Waals surface area (Å²) in [5.74, 6) is -0.871. The van der Waals surface area contributed by atoms with E-state index in [0.29, 0.717) is 23.9 Å². The molecule has 0 amide bonds. The van der Waals surface area contributed by atoms with E-state index in [1.165, 1.54) is 38.5 Å². The standard InChI is InChI=1S/C61H100NO8P/c1-6-8-10-12-14-16-18-20-22-23-24-25-26-27-28-29-30-31-32-33-34-35-36-37-38-39-40-42-44-46-48-50-52-54-61(64)70-59(58-69-71(65,66)68-56-55-62(3,4)5)57-67-60(63)53-51-49-47-45-43-41-21-19-17-15-13-11-9-7-2/h8,10,14,16,19-22,24-25,27-28,30-31,33-34,36-37,39-40,44,46,59H,6-7,9,11-13,15,17-18,23,26,29,32,35,38,41-43,45,47-58H2,1-5H3/p+1/b10-8-,16-14-,21-19-,22-20-,25-24-,28-27-,31-30-,34-33-,37-36-,40-39-,46-44-. The lowest BCUT2D eigenvalue weighted by atomic mass is 10.1. The summed E-state index contributed by atoms with van der Waals surface area (Å²) in [6.07, 6.45) is 73.8. The van der Waals surface area contributed by atoms with Gasteiger partial charge in [-0.1, -0.05) is 192 Å². The molecule has 0 heterocycles. The highest BCUT2D eigenvalue weighted by atomic mass is 31.2. The van der Waals surface area contributed by atoms with E-state index in [4.69, 9.17) is 18.5 Å². The van der Waals surface area contributed by atoms with E-state index in [-0.39, 0.29) is 26.1 Å². The minimum absolute atomic E-state index is 0.0143. The largest absolute Gasteiger partial charge is 0.472 e. The first-order chi connectivity index (χ1) is 34.5. The molecule has 0 spiro atoms. The van der Waals surface area contributed by atoms with Crippen LogP contribution in [-0.2, 0) is 32.7 Å². The van der Waals surface area contributed by atoms with Gasteiger partial charge in [0.05, 0.1) is 27.7 Å². The molecule has 2 unspecified atom stereocenters. The number of phosphoric ester groups is 1. The number of carbonyl (C=O) groups excluding carboxylic acids is 2. The molecular weight excluding hydrogens is 906 g/mol. The monoisotopic (exact) mass is 1010 g/mol. The summed E-state index contributed by atoms with van der Waals surface area (Å²) in [7, 11) is 1.42. The molecule has 0 saturated heterocycles. The van der Waals surface area contributed by atoms with Crippen LogP contribution < -0.4 is 0 Å². The molecule has 10 heteroatoms. The summed E-state index contributed by atoms with van der Waals surface area (Å²) in [6.45, 7) is 4.22. The van der Waals surface area contributed by atoms with Crippen LogP contribution in [0.2, 0.25) is 0 Å². The molecular formula is C61H101NO8P+. The van der Waals surface area contributed by atoms with Gasteiger partial charge in [-0.3, -0.25) is 18.6 Å². The van der Waals surface area contributed by atoms with Gasteiger partial charge in [-0.15, -0.1) is 0 Å². The van der Waals surface area contributed by atoms with Gasteiger partial charge in [0.15, 0.2) is 6.10 Å². The minimum Gasteiger partial charge on any atom is -0.462 e. The Morgan fingerprint density at radius 2 is 0.803 bits per heavy atom. The Morgan fingerprint density at radius 3 is 1.24 bits per heavy atom. The van der Waals surface area contributed by atoms with Crippen LogP contribution in [-0.4, -0.2) is 74.9 Å². The van der Waals surface area contributed by atoms with Crippen molar-refractivity contribution in [3.8, 4) is 0 Å². The molecule has 0 bridgehead atoms. The van der Waals surface area contributed by atoms with Gasteiger partial charge in [0, 0.05) is 12.8 Å². The van der Waals surface area contributed by atoms with Crippen molar-refractivity contribution in [3.05, 3.63) is 134 Å². The number of nitrogens with zero attached hydrogens (tertiary/aromatic N) is 1. The van der Waals surface area contributed by atoms with Crippen LogP contribution in [0.15, 0.2) is 134 Å². The molecule has 71 heavy (non-hydrogen) atoms. The number of quaternary nitrogens is 1. The third-order valence-corrected chi connectivity index (χ3v) is 11.9. The van der Waals surface area contributed by atoms with E-state index < -0.39 is 32.5 Å². The zero-order valence-electron chi connectivity index (χ0n) is 45.4. The highest BCUT2D eigenvalue weighted by Crippen LogP contribution is 2.43. The Labute approximate surface area is 434 Å². The summed E-state index contributed by atoms with van der Waals surface area (Å²) in [5.41, 5.74) is 0. The molecule has 0 aliphatic rings. The molecule has 0 fully saturated rings. The Hall–Kier alpha value is -3.85. The normalized spacial score (nSPS) is 14.4. The number of rotatable bonds is 48. The van der Waals surface area contributed by atoms with Crippen LogP contribution in [0.3, 0.4) is 0 Å². The predicted molar refractivity (Wildman–Crippen MR) is 302 cm³/mol. The molecule has 0 rings (SSSR count). The SMILES string of the molecule is CC/C=C\C/C=C\C/C=C\C/C=C\C/C=C\C/C=C\C/C=C\C/C=C\C/C=C\C/C=C\CCCCC(=O)OC(COC(=O)CCCCCCC/C=C\CCCCCCC)COP(=O)(O)OCC[N+](C)(C)C. The molecule has 402 valence electrons. The Kier molecular flexibility index (Phi) is 48.3. The number of hydrogen-bond donors (Lipinski definition) is 1. The van der Waals surface area contributed by atoms with Crippen LogP contribution >= 0.6 is 7.82 Å². The van der Waals surface area contributed by atoms with Gasteiger partial charge < -0.3 is 18.9 Å². The third kappa shape index (κ3) is 55.3. The maximum Gasteiger partial charge on any atom is 0.472 e. The summed E-state index contributed by atoms with van der Waals surface area (Å²) < 4.78 is 34.4. The van der Waals surface area contributed by atoms with Crippen molar-refractivity contribution in [1.82, 2.24) is 0 Å². The average molecular weight is 1010 g/mol. The van der Waals surface area contributed by atoms with Gasteiger partial charge in [0.2, 0.25) is 0 Å². The second-order valence-corrected chi connectivity index (χ2v) is 20.3. The van der Waals surface area contributed by atoms with Crippen molar-refractivity contribution >= 4 is 19.8 Å². The number of allylic oxidation sites excluding steroid dienone is 22. The second-order valence-electron chi connectivity index (χ2n) is 18.9. The fourth-order valence-corrected chi connectivity index (χ4v) is 7.42. The van der Waals surface area contributed by atoms with E-state index >= 15 is 0 Å². The molecule has 1 N–H and O–H groups in total. The second kappa shape index (κ2) is 51.1. The Bertz CT molecular complexity index is 1660. The number of ether oxygens (including phenoxy) is 2. The third-order valence-electron chi connectivity index (χ3n) is 10.9. The molecule has 0 aromatic carbocycles. The van der Waals surface area contributed by atoms with Crippen molar-refractivity contribution in [1.29, 1.82) is 0 Å². The molecule has 0 radical (unpaired) electrons. The minimum atomic E-state index is -4.41. The lowest BCUT2D eigenvalue weighted by Gasteiger charge is -2.24. The molecule has 0 aliphatic carbocycles. The molecule has 0 saturated carbocycles. The predicted octanol–water partition coefficient (Wildman–Crippen LogP) is 17.0. The first kappa shape index (κ1) is 67.1. The van der Waals surface area contributed by atoms with Crippen molar-refractivity contribution in [2.75, 3.05) is 47.5 Å². The quantitative estimate of drug-likeness (QED) is 0.0211. The van der Waals surface area contributed by atoms with Gasteiger partial charge in [-0.25, -0.2) is 4.57 Å². The van der Waals surface area contributed by atoms with Crippen LogP contribution in [0.25, 0.3) is 0 Å². The number of likely N-dealkylation sites (N-methyl/N-ethyl adjacent to an activating group) is 1. The molecule has 2 atom stereocenters. The maximum absolute atomic E-state index is 12.8. The zero-order valence-corrected chi connectivity index (χ0v) is 46.3. The topological polar surface area (TPSA) is 108 Å². The lowest BCUT2D eigenvalue weighted by Crippen LogP contribution is -2.37. The fourth-order valence-electron chi connectivity index (χ4n) is 6.68. The lowest BCUT2D eigenvalue weighted by molar-refractivity contribution is -0.870. The first-order valence-corrected chi connectivity index (χ1v) is 28.9. The molecule has 0 aliphatic heterocycles. The maximum atomic E-state index is 12.8. The number of hydrogen-bond acceptors (Lipinski definition) is 7. The van der Waals surface area contributed by atoms with Crippen LogP contribution in [0.4, 0.5) is 0 Å². The summed E-state index contributed by atoms with van der Waals surface area (Å²) in [5, 5.41) is 0. The Morgan fingerprint density at radius 1 is 0.451 bits per heavy atom. The van der Waals surface area contributed by atoms with Crippen molar-refractivity contribution in [2.24, 2.45) is 0 Å². The van der Waals surface area contributed by atoms with Crippen molar-refractivity contribution in [3.63, 3.8) is 0 Å². The van der Waals surface area contributed by atoms with E-state index in [9.17, 15) is 19.0 Å². The Balaban J connectivity index is 4.32. The molecule has 0 aromatic rings. The first-order valence-electron chi connectivity index (χ1n) is 27.4. The highest BCUT2D eigenvalue weighted by molar-refractivity contribution is 7.47. The number of unbranched alkanes of at least 4 members (excludes halogenated alkanes) is 12.